The molecule has 0 heterocycles. The topological polar surface area (TPSA) is 38.8 Å². The number of hydrogen-bond donors (Lipinski definition) is 0. The molecule has 1 aliphatic carbocycles. The Balaban J connectivity index is 2.32. The average Bonchev–Trinajstić information content (AvgIpc) is 3.02. The third-order valence-corrected chi connectivity index (χ3v) is 4.37. The van der Waals surface area contributed by atoms with Gasteiger partial charge in [0.2, 0.25) is 0 Å². The lowest BCUT2D eigenvalue weighted by molar-refractivity contribution is 0.0693. The molecule has 1 aromatic carbocycles. The third kappa shape index (κ3) is 3.14. The first-order valence-corrected chi connectivity index (χ1v) is 7.66. The zero-order valence-corrected chi connectivity index (χ0v) is 13.4. The van der Waals surface area contributed by atoms with Gasteiger partial charge in [-0.05, 0) is 38.8 Å². The second-order valence-corrected chi connectivity index (χ2v) is 5.54. The van der Waals surface area contributed by atoms with Gasteiger partial charge in [0, 0.05) is 23.7 Å². The summed E-state index contributed by atoms with van der Waals surface area (Å²) in [7, 11) is 3.23. The van der Waals surface area contributed by atoms with Crippen molar-refractivity contribution in [1.82, 2.24) is 4.90 Å². The van der Waals surface area contributed by atoms with Crippen LogP contribution in [-0.4, -0.2) is 37.6 Å². The van der Waals surface area contributed by atoms with Gasteiger partial charge in [0.1, 0.15) is 11.5 Å². The molecule has 4 nitrogen and oxygen atoms in total. The highest BCUT2D eigenvalue weighted by molar-refractivity contribution is 5.95. The van der Waals surface area contributed by atoms with Crippen LogP contribution in [0, 0.1) is 6.92 Å². The molecule has 0 aromatic heterocycles. The van der Waals surface area contributed by atoms with Crippen molar-refractivity contribution < 1.29 is 14.3 Å². The predicted octanol–water partition coefficient (Wildman–Crippen LogP) is 3.42. The first-order valence-electron chi connectivity index (χ1n) is 7.66. The van der Waals surface area contributed by atoms with Crippen molar-refractivity contribution in [2.45, 2.75) is 45.6 Å². The Kier molecular flexibility index (Phi) is 5.10. The summed E-state index contributed by atoms with van der Waals surface area (Å²) in [6.07, 6.45) is 4.66. The standard InChI is InChI=1S/C17H25NO3/c1-5-18(14-8-6-7-9-14)17(19)13-10-15(20-3)12(2)16(11-13)21-4/h10-11,14H,5-9H2,1-4H3. The molecule has 0 atom stereocenters. The van der Waals surface area contributed by atoms with Gasteiger partial charge in [0.25, 0.3) is 5.91 Å². The van der Waals surface area contributed by atoms with E-state index in [1.807, 2.05) is 30.9 Å². The highest BCUT2D eigenvalue weighted by Gasteiger charge is 2.27. The average molecular weight is 291 g/mol. The van der Waals surface area contributed by atoms with Crippen LogP contribution in [0.4, 0.5) is 0 Å². The quantitative estimate of drug-likeness (QED) is 0.834. The Labute approximate surface area is 127 Å². The summed E-state index contributed by atoms with van der Waals surface area (Å²) in [4.78, 5) is 14.8. The van der Waals surface area contributed by atoms with Crippen molar-refractivity contribution in [3.05, 3.63) is 23.3 Å². The molecule has 116 valence electrons. The summed E-state index contributed by atoms with van der Waals surface area (Å²) in [6, 6.07) is 4.01. The van der Waals surface area contributed by atoms with Crippen molar-refractivity contribution in [3.63, 3.8) is 0 Å². The number of amides is 1. The van der Waals surface area contributed by atoms with Crippen molar-refractivity contribution in [3.8, 4) is 11.5 Å². The fourth-order valence-electron chi connectivity index (χ4n) is 3.16. The Hall–Kier alpha value is -1.71. The number of ether oxygens (including phenoxy) is 2. The molecule has 1 fully saturated rings. The second-order valence-electron chi connectivity index (χ2n) is 5.54. The lowest BCUT2D eigenvalue weighted by atomic mass is 10.1. The van der Waals surface area contributed by atoms with Gasteiger partial charge < -0.3 is 14.4 Å². The highest BCUT2D eigenvalue weighted by Crippen LogP contribution is 2.31. The van der Waals surface area contributed by atoms with E-state index >= 15 is 0 Å². The second kappa shape index (κ2) is 6.83. The van der Waals surface area contributed by atoms with E-state index in [1.54, 1.807) is 14.2 Å². The van der Waals surface area contributed by atoms with Gasteiger partial charge in [0.05, 0.1) is 14.2 Å². The molecule has 2 rings (SSSR count). The minimum Gasteiger partial charge on any atom is -0.496 e. The maximum Gasteiger partial charge on any atom is 0.254 e. The van der Waals surface area contributed by atoms with Gasteiger partial charge in [0.15, 0.2) is 0 Å². The van der Waals surface area contributed by atoms with E-state index in [4.69, 9.17) is 9.47 Å². The number of benzene rings is 1. The van der Waals surface area contributed by atoms with Crippen LogP contribution in [0.5, 0.6) is 11.5 Å². The number of hydrogen-bond acceptors (Lipinski definition) is 3. The molecule has 0 saturated heterocycles. The lowest BCUT2D eigenvalue weighted by Gasteiger charge is -2.28. The first kappa shape index (κ1) is 15.7. The van der Waals surface area contributed by atoms with Crippen LogP contribution >= 0.6 is 0 Å². The zero-order chi connectivity index (χ0) is 15.4. The summed E-state index contributed by atoms with van der Waals surface area (Å²) < 4.78 is 10.7. The Morgan fingerprint density at radius 2 is 1.71 bits per heavy atom. The van der Waals surface area contributed by atoms with E-state index < -0.39 is 0 Å². The fraction of sp³-hybridized carbons (Fsp3) is 0.588. The number of carbonyl (C=O) groups is 1. The van der Waals surface area contributed by atoms with E-state index in [0.29, 0.717) is 23.1 Å². The van der Waals surface area contributed by atoms with Crippen LogP contribution in [-0.2, 0) is 0 Å². The van der Waals surface area contributed by atoms with Crippen LogP contribution in [0.15, 0.2) is 12.1 Å². The molecule has 0 bridgehead atoms. The minimum atomic E-state index is 0.0704. The van der Waals surface area contributed by atoms with Gasteiger partial charge in [-0.3, -0.25) is 4.79 Å². The molecule has 0 radical (unpaired) electrons. The molecule has 0 spiro atoms. The molecule has 0 unspecified atom stereocenters. The summed E-state index contributed by atoms with van der Waals surface area (Å²) >= 11 is 0. The molecule has 0 aliphatic heterocycles. The molecule has 1 aromatic rings. The normalized spacial score (nSPS) is 15.0. The largest absolute Gasteiger partial charge is 0.496 e. The smallest absolute Gasteiger partial charge is 0.254 e. The first-order chi connectivity index (χ1) is 10.1. The van der Waals surface area contributed by atoms with Crippen molar-refractivity contribution in [2.75, 3.05) is 20.8 Å². The summed E-state index contributed by atoms with van der Waals surface area (Å²) in [5.74, 6) is 1.46. The maximum atomic E-state index is 12.8. The number of rotatable bonds is 5. The number of nitrogens with zero attached hydrogens (tertiary/aromatic N) is 1. The van der Waals surface area contributed by atoms with Crippen LogP contribution in [0.1, 0.15) is 48.5 Å². The van der Waals surface area contributed by atoms with Crippen LogP contribution in [0.2, 0.25) is 0 Å². The third-order valence-electron chi connectivity index (χ3n) is 4.37. The van der Waals surface area contributed by atoms with Crippen LogP contribution in [0.3, 0.4) is 0 Å². The number of carbonyl (C=O) groups excluding carboxylic acids is 1. The molecule has 0 N–H and O–H groups in total. The van der Waals surface area contributed by atoms with E-state index in [2.05, 4.69) is 0 Å². The SMILES string of the molecule is CCN(C(=O)c1cc(OC)c(C)c(OC)c1)C1CCCC1. The Morgan fingerprint density at radius 1 is 1.19 bits per heavy atom. The van der Waals surface area contributed by atoms with Gasteiger partial charge in [-0.25, -0.2) is 0 Å². The molecule has 1 amide bonds. The highest BCUT2D eigenvalue weighted by atomic mass is 16.5. The molecule has 1 saturated carbocycles. The minimum absolute atomic E-state index is 0.0704. The van der Waals surface area contributed by atoms with Crippen molar-refractivity contribution >= 4 is 5.91 Å². The zero-order valence-electron chi connectivity index (χ0n) is 13.4. The van der Waals surface area contributed by atoms with Crippen LogP contribution in [0.25, 0.3) is 0 Å². The number of methoxy groups -OCH3 is 2. The molecule has 21 heavy (non-hydrogen) atoms. The van der Waals surface area contributed by atoms with Gasteiger partial charge >= 0.3 is 0 Å². The van der Waals surface area contributed by atoms with E-state index in [-0.39, 0.29) is 5.91 Å². The summed E-state index contributed by atoms with van der Waals surface area (Å²) in [5.41, 5.74) is 1.56. The Morgan fingerprint density at radius 3 is 2.14 bits per heavy atom. The monoisotopic (exact) mass is 291 g/mol. The molecule has 1 aliphatic rings. The van der Waals surface area contributed by atoms with E-state index in [0.717, 1.165) is 24.9 Å². The van der Waals surface area contributed by atoms with E-state index in [1.165, 1.54) is 12.8 Å². The summed E-state index contributed by atoms with van der Waals surface area (Å²) in [5, 5.41) is 0. The van der Waals surface area contributed by atoms with Crippen LogP contribution < -0.4 is 9.47 Å². The van der Waals surface area contributed by atoms with Gasteiger partial charge in [-0.2, -0.15) is 0 Å². The summed E-state index contributed by atoms with van der Waals surface area (Å²) in [6.45, 7) is 4.71. The van der Waals surface area contributed by atoms with Gasteiger partial charge in [-0.1, -0.05) is 12.8 Å². The van der Waals surface area contributed by atoms with Gasteiger partial charge in [-0.15, -0.1) is 0 Å². The van der Waals surface area contributed by atoms with Crippen molar-refractivity contribution in [2.24, 2.45) is 0 Å². The molecule has 4 heteroatoms. The molecular formula is C17H25NO3. The fourth-order valence-corrected chi connectivity index (χ4v) is 3.16. The predicted molar refractivity (Wildman–Crippen MR) is 83.2 cm³/mol. The van der Waals surface area contributed by atoms with Crippen molar-refractivity contribution in [1.29, 1.82) is 0 Å². The Bertz CT molecular complexity index is 482. The maximum absolute atomic E-state index is 12.8. The lowest BCUT2D eigenvalue weighted by Crippen LogP contribution is -2.38. The van der Waals surface area contributed by atoms with E-state index in [9.17, 15) is 4.79 Å². The molecular weight excluding hydrogens is 266 g/mol.